The molecule has 0 atom stereocenters. The molecule has 0 spiro atoms. The number of rotatable bonds is 3. The van der Waals surface area contributed by atoms with E-state index in [0.717, 1.165) is 12.1 Å². The third-order valence-corrected chi connectivity index (χ3v) is 3.87. The van der Waals surface area contributed by atoms with Crippen LogP contribution in [-0.2, 0) is 10.0 Å². The van der Waals surface area contributed by atoms with Crippen molar-refractivity contribution in [3.05, 3.63) is 59.4 Å². The quantitative estimate of drug-likeness (QED) is 0.946. The molecule has 0 unspecified atom stereocenters. The van der Waals surface area contributed by atoms with Gasteiger partial charge in [-0.05, 0) is 48.9 Å². The highest BCUT2D eigenvalue weighted by Gasteiger charge is 2.17. The van der Waals surface area contributed by atoms with Crippen molar-refractivity contribution >= 4 is 15.7 Å². The Morgan fingerprint density at radius 1 is 0.950 bits per heavy atom. The first kappa shape index (κ1) is 14.4. The average molecular weight is 301 g/mol. The van der Waals surface area contributed by atoms with Crippen LogP contribution in [0.15, 0.2) is 41.3 Å². The zero-order valence-electron chi connectivity index (χ0n) is 10.3. The minimum absolute atomic E-state index is 0.00670. The molecule has 20 heavy (non-hydrogen) atoms. The maximum absolute atomic E-state index is 13.2. The van der Waals surface area contributed by atoms with E-state index in [-0.39, 0.29) is 5.69 Å². The Morgan fingerprint density at radius 2 is 1.65 bits per heavy atom. The highest BCUT2D eigenvalue weighted by atomic mass is 32.2. The van der Waals surface area contributed by atoms with Gasteiger partial charge < -0.3 is 0 Å². The lowest BCUT2D eigenvalue weighted by Gasteiger charge is -2.09. The van der Waals surface area contributed by atoms with E-state index >= 15 is 0 Å². The van der Waals surface area contributed by atoms with Crippen molar-refractivity contribution in [3.63, 3.8) is 0 Å². The van der Waals surface area contributed by atoms with Crippen molar-refractivity contribution < 1.29 is 21.6 Å². The summed E-state index contributed by atoms with van der Waals surface area (Å²) in [6.07, 6.45) is 0. The van der Waals surface area contributed by atoms with E-state index in [1.54, 1.807) is 6.92 Å². The molecule has 106 valence electrons. The lowest BCUT2D eigenvalue weighted by atomic mass is 10.2. The van der Waals surface area contributed by atoms with Gasteiger partial charge in [0.15, 0.2) is 11.6 Å². The van der Waals surface area contributed by atoms with Crippen LogP contribution in [0.3, 0.4) is 0 Å². The zero-order valence-corrected chi connectivity index (χ0v) is 11.1. The summed E-state index contributed by atoms with van der Waals surface area (Å²) in [5.74, 6) is -3.03. The summed E-state index contributed by atoms with van der Waals surface area (Å²) in [5.41, 5.74) is 0.528. The molecule has 0 aliphatic carbocycles. The van der Waals surface area contributed by atoms with Gasteiger partial charge in [0.1, 0.15) is 5.82 Å². The SMILES string of the molecule is Cc1cc(F)cc(NS(=O)(=O)c2ccc(F)c(F)c2)c1. The van der Waals surface area contributed by atoms with Gasteiger partial charge in [-0.2, -0.15) is 0 Å². The summed E-state index contributed by atoms with van der Waals surface area (Å²) in [5, 5.41) is 0. The number of aryl methyl sites for hydroxylation is 1. The Morgan fingerprint density at radius 3 is 2.25 bits per heavy atom. The highest BCUT2D eigenvalue weighted by Crippen LogP contribution is 2.20. The van der Waals surface area contributed by atoms with Gasteiger partial charge in [-0.15, -0.1) is 0 Å². The Balaban J connectivity index is 2.37. The lowest BCUT2D eigenvalue weighted by Crippen LogP contribution is -2.13. The number of sulfonamides is 1. The van der Waals surface area contributed by atoms with Crippen molar-refractivity contribution in [3.8, 4) is 0 Å². The molecule has 0 aromatic heterocycles. The van der Waals surface area contributed by atoms with Gasteiger partial charge in [0.25, 0.3) is 10.0 Å². The first-order valence-electron chi connectivity index (χ1n) is 5.53. The van der Waals surface area contributed by atoms with E-state index in [0.29, 0.717) is 17.7 Å². The van der Waals surface area contributed by atoms with Crippen LogP contribution in [0.4, 0.5) is 18.9 Å². The van der Waals surface area contributed by atoms with Crippen LogP contribution in [0.1, 0.15) is 5.56 Å². The number of hydrogen-bond acceptors (Lipinski definition) is 2. The van der Waals surface area contributed by atoms with Crippen LogP contribution in [0.25, 0.3) is 0 Å². The fraction of sp³-hybridized carbons (Fsp3) is 0.0769. The molecule has 0 amide bonds. The Hall–Kier alpha value is -2.02. The first-order chi connectivity index (χ1) is 9.28. The highest BCUT2D eigenvalue weighted by molar-refractivity contribution is 7.92. The first-order valence-corrected chi connectivity index (χ1v) is 7.01. The van der Waals surface area contributed by atoms with E-state index < -0.39 is 32.4 Å². The molecule has 0 saturated heterocycles. The molecular weight excluding hydrogens is 291 g/mol. The van der Waals surface area contributed by atoms with Crippen LogP contribution >= 0.6 is 0 Å². The molecule has 0 aliphatic heterocycles. The van der Waals surface area contributed by atoms with Crippen molar-refractivity contribution in [1.29, 1.82) is 0 Å². The van der Waals surface area contributed by atoms with Gasteiger partial charge >= 0.3 is 0 Å². The third kappa shape index (κ3) is 3.11. The summed E-state index contributed by atoms with van der Waals surface area (Å²) in [6, 6.07) is 5.83. The third-order valence-electron chi connectivity index (χ3n) is 2.50. The predicted octanol–water partition coefficient (Wildman–Crippen LogP) is 3.21. The number of benzene rings is 2. The summed E-state index contributed by atoms with van der Waals surface area (Å²) < 4.78 is 65.0. The molecular formula is C13H10F3NO2S. The van der Waals surface area contributed by atoms with E-state index in [1.807, 2.05) is 0 Å². The van der Waals surface area contributed by atoms with Gasteiger partial charge in [0.2, 0.25) is 0 Å². The van der Waals surface area contributed by atoms with Crippen LogP contribution in [0, 0.1) is 24.4 Å². The Kier molecular flexibility index (Phi) is 3.71. The molecule has 2 rings (SSSR count). The molecule has 0 bridgehead atoms. The number of nitrogens with one attached hydrogen (secondary N) is 1. The van der Waals surface area contributed by atoms with Gasteiger partial charge in [-0.1, -0.05) is 0 Å². The van der Waals surface area contributed by atoms with Gasteiger partial charge in [-0.3, -0.25) is 4.72 Å². The van der Waals surface area contributed by atoms with Crippen molar-refractivity contribution in [2.24, 2.45) is 0 Å². The topological polar surface area (TPSA) is 46.2 Å². The number of anilines is 1. The molecule has 2 aromatic carbocycles. The number of hydrogen-bond donors (Lipinski definition) is 1. The average Bonchev–Trinajstić information content (AvgIpc) is 2.30. The minimum Gasteiger partial charge on any atom is -0.280 e. The standard InChI is InChI=1S/C13H10F3NO2S/c1-8-4-9(14)6-10(5-8)17-20(18,19)11-2-3-12(15)13(16)7-11/h2-7,17H,1H3. The molecule has 0 heterocycles. The van der Waals surface area contributed by atoms with Crippen LogP contribution in [0.5, 0.6) is 0 Å². The summed E-state index contributed by atoms with van der Waals surface area (Å²) in [7, 11) is -4.11. The minimum atomic E-state index is -4.11. The molecule has 0 aliphatic rings. The lowest BCUT2D eigenvalue weighted by molar-refractivity contribution is 0.504. The van der Waals surface area contributed by atoms with Crippen LogP contribution in [-0.4, -0.2) is 8.42 Å². The molecule has 1 N–H and O–H groups in total. The Labute approximate surface area is 114 Å². The van der Waals surface area contributed by atoms with E-state index in [4.69, 9.17) is 0 Å². The molecule has 3 nitrogen and oxygen atoms in total. The van der Waals surface area contributed by atoms with Gasteiger partial charge in [0, 0.05) is 0 Å². The molecule has 7 heteroatoms. The molecule has 2 aromatic rings. The number of halogens is 3. The second-order valence-electron chi connectivity index (χ2n) is 4.20. The van der Waals surface area contributed by atoms with E-state index in [2.05, 4.69) is 4.72 Å². The predicted molar refractivity (Wildman–Crippen MR) is 68.3 cm³/mol. The largest absolute Gasteiger partial charge is 0.280 e. The summed E-state index contributed by atoms with van der Waals surface area (Å²) in [4.78, 5) is -0.446. The normalized spacial score (nSPS) is 11.4. The monoisotopic (exact) mass is 301 g/mol. The van der Waals surface area contributed by atoms with Crippen LogP contribution < -0.4 is 4.72 Å². The Bertz CT molecular complexity index is 740. The van der Waals surface area contributed by atoms with Crippen molar-refractivity contribution in [2.75, 3.05) is 4.72 Å². The van der Waals surface area contributed by atoms with E-state index in [9.17, 15) is 21.6 Å². The summed E-state index contributed by atoms with van der Waals surface area (Å²) in [6.45, 7) is 1.60. The van der Waals surface area contributed by atoms with Crippen molar-refractivity contribution in [1.82, 2.24) is 0 Å². The fourth-order valence-corrected chi connectivity index (χ4v) is 2.71. The molecule has 0 saturated carbocycles. The summed E-state index contributed by atoms with van der Waals surface area (Å²) >= 11 is 0. The fourth-order valence-electron chi connectivity index (χ4n) is 1.65. The van der Waals surface area contributed by atoms with E-state index in [1.165, 1.54) is 12.1 Å². The smallest absolute Gasteiger partial charge is 0.262 e. The van der Waals surface area contributed by atoms with Crippen LogP contribution in [0.2, 0.25) is 0 Å². The van der Waals surface area contributed by atoms with Gasteiger partial charge in [0.05, 0.1) is 10.6 Å². The zero-order chi connectivity index (χ0) is 14.9. The molecule has 0 fully saturated rings. The van der Waals surface area contributed by atoms with Crippen molar-refractivity contribution in [2.45, 2.75) is 11.8 Å². The second-order valence-corrected chi connectivity index (χ2v) is 5.88. The second kappa shape index (κ2) is 5.16. The maximum atomic E-state index is 13.2. The molecule has 0 radical (unpaired) electrons. The maximum Gasteiger partial charge on any atom is 0.262 e. The van der Waals surface area contributed by atoms with Gasteiger partial charge in [-0.25, -0.2) is 21.6 Å².